The molecule has 0 aromatic rings. The molecule has 0 amide bonds. The van der Waals surface area contributed by atoms with Crippen LogP contribution in [0.1, 0.15) is 33.6 Å². The minimum Gasteiger partial charge on any atom is -0.376 e. The Labute approximate surface area is 96.1 Å². The number of hydrogen-bond acceptors (Lipinski definition) is 4. The van der Waals surface area contributed by atoms with Crippen molar-refractivity contribution in [2.24, 2.45) is 4.99 Å². The first-order valence-electron chi connectivity index (χ1n) is 5.75. The van der Waals surface area contributed by atoms with Crippen LogP contribution in [-0.4, -0.2) is 35.2 Å². The van der Waals surface area contributed by atoms with Gasteiger partial charge in [-0.1, -0.05) is 18.7 Å². The maximum atomic E-state index is 5.61. The summed E-state index contributed by atoms with van der Waals surface area (Å²) >= 11 is 1.88. The van der Waals surface area contributed by atoms with Crippen LogP contribution in [0, 0.1) is 0 Å². The predicted octanol–water partition coefficient (Wildman–Crippen LogP) is 2.02. The Balaban J connectivity index is 1.92. The molecule has 0 bridgehead atoms. The minimum absolute atomic E-state index is 0.0778. The molecule has 0 saturated carbocycles. The number of nitrogens with zero attached hydrogens (tertiary/aromatic N) is 1. The summed E-state index contributed by atoms with van der Waals surface area (Å²) in [7, 11) is 0. The van der Waals surface area contributed by atoms with E-state index in [-0.39, 0.29) is 11.6 Å². The van der Waals surface area contributed by atoms with Gasteiger partial charge in [0.05, 0.1) is 18.2 Å². The van der Waals surface area contributed by atoms with Gasteiger partial charge < -0.3 is 10.1 Å². The molecule has 3 atom stereocenters. The zero-order valence-corrected chi connectivity index (χ0v) is 10.6. The van der Waals surface area contributed by atoms with Crippen LogP contribution in [0.5, 0.6) is 0 Å². The first kappa shape index (κ1) is 11.3. The summed E-state index contributed by atoms with van der Waals surface area (Å²) in [6, 6.07) is 0. The zero-order chi connectivity index (χ0) is 10.9. The van der Waals surface area contributed by atoms with Crippen LogP contribution < -0.4 is 5.32 Å². The highest BCUT2D eigenvalue weighted by atomic mass is 32.2. The molecule has 4 heteroatoms. The number of amidine groups is 1. The van der Waals surface area contributed by atoms with Gasteiger partial charge in [0.25, 0.3) is 0 Å². The quantitative estimate of drug-likeness (QED) is 0.785. The van der Waals surface area contributed by atoms with Crippen molar-refractivity contribution in [3.8, 4) is 0 Å². The third-order valence-corrected chi connectivity index (χ3v) is 4.72. The fourth-order valence-corrected chi connectivity index (χ4v) is 3.01. The van der Waals surface area contributed by atoms with E-state index in [4.69, 9.17) is 4.74 Å². The molecule has 3 unspecified atom stereocenters. The molecule has 0 aromatic heterocycles. The predicted molar refractivity (Wildman–Crippen MR) is 65.5 cm³/mol. The second kappa shape index (κ2) is 4.34. The Bertz CT molecular complexity index is 269. The molecular formula is C11H20N2OS. The summed E-state index contributed by atoms with van der Waals surface area (Å²) < 4.78 is 5.61. The van der Waals surface area contributed by atoms with E-state index in [1.807, 2.05) is 11.8 Å². The highest BCUT2D eigenvalue weighted by molar-refractivity contribution is 8.14. The first-order valence-corrected chi connectivity index (χ1v) is 6.63. The van der Waals surface area contributed by atoms with Crippen molar-refractivity contribution in [2.75, 3.05) is 13.2 Å². The van der Waals surface area contributed by atoms with Gasteiger partial charge in [0.1, 0.15) is 0 Å². The standard InChI is InChI=1S/C11H20N2OS/c1-4-9-7-12-10(15-9)13-11(3)5-6-14-8(11)2/h8-9H,4-7H2,1-3H3,(H,12,13). The molecule has 1 saturated heterocycles. The van der Waals surface area contributed by atoms with E-state index < -0.39 is 0 Å². The van der Waals surface area contributed by atoms with Crippen molar-refractivity contribution in [2.45, 2.75) is 50.5 Å². The molecule has 2 aliphatic heterocycles. The summed E-state index contributed by atoms with van der Waals surface area (Å²) in [6.45, 7) is 8.41. The van der Waals surface area contributed by atoms with Gasteiger partial charge in [-0.3, -0.25) is 4.99 Å². The van der Waals surface area contributed by atoms with E-state index in [1.54, 1.807) is 0 Å². The van der Waals surface area contributed by atoms with Crippen molar-refractivity contribution in [1.82, 2.24) is 5.32 Å². The lowest BCUT2D eigenvalue weighted by Crippen LogP contribution is -2.49. The van der Waals surface area contributed by atoms with E-state index in [2.05, 4.69) is 31.1 Å². The fourth-order valence-electron chi connectivity index (χ4n) is 1.94. The number of hydrogen-bond donors (Lipinski definition) is 1. The lowest BCUT2D eigenvalue weighted by Gasteiger charge is -2.29. The van der Waals surface area contributed by atoms with Crippen molar-refractivity contribution in [3.05, 3.63) is 0 Å². The topological polar surface area (TPSA) is 33.6 Å². The SMILES string of the molecule is CCC1CN=C(NC2(C)CCOC2C)S1. The van der Waals surface area contributed by atoms with Crippen molar-refractivity contribution in [1.29, 1.82) is 0 Å². The van der Waals surface area contributed by atoms with E-state index in [0.29, 0.717) is 5.25 Å². The molecule has 0 aromatic carbocycles. The molecule has 1 N–H and O–H groups in total. The van der Waals surface area contributed by atoms with Gasteiger partial charge in [-0.05, 0) is 26.7 Å². The van der Waals surface area contributed by atoms with Gasteiger partial charge in [-0.2, -0.15) is 0 Å². The molecule has 0 spiro atoms. The van der Waals surface area contributed by atoms with Crippen LogP contribution in [0.3, 0.4) is 0 Å². The third-order valence-electron chi connectivity index (χ3n) is 3.45. The monoisotopic (exact) mass is 228 g/mol. The minimum atomic E-state index is 0.0778. The number of thioether (sulfide) groups is 1. The van der Waals surface area contributed by atoms with Crippen molar-refractivity contribution >= 4 is 16.9 Å². The van der Waals surface area contributed by atoms with Crippen LogP contribution in [0.25, 0.3) is 0 Å². The Kier molecular flexibility index (Phi) is 3.26. The molecule has 1 fully saturated rings. The van der Waals surface area contributed by atoms with Gasteiger partial charge in [0.15, 0.2) is 5.17 Å². The van der Waals surface area contributed by atoms with Crippen LogP contribution >= 0.6 is 11.8 Å². The first-order chi connectivity index (χ1) is 7.14. The maximum absolute atomic E-state index is 5.61. The summed E-state index contributed by atoms with van der Waals surface area (Å²) in [5.41, 5.74) is 0.0778. The average Bonchev–Trinajstić information content (AvgIpc) is 2.76. The van der Waals surface area contributed by atoms with Crippen molar-refractivity contribution in [3.63, 3.8) is 0 Å². The van der Waals surface area contributed by atoms with Gasteiger partial charge in [0, 0.05) is 11.9 Å². The van der Waals surface area contributed by atoms with Crippen molar-refractivity contribution < 1.29 is 4.74 Å². The van der Waals surface area contributed by atoms with Gasteiger partial charge >= 0.3 is 0 Å². The van der Waals surface area contributed by atoms with E-state index in [9.17, 15) is 0 Å². The number of nitrogens with one attached hydrogen (secondary N) is 1. The summed E-state index contributed by atoms with van der Waals surface area (Å²) in [4.78, 5) is 4.54. The van der Waals surface area contributed by atoms with Gasteiger partial charge in [-0.15, -0.1) is 0 Å². The molecule has 2 heterocycles. The lowest BCUT2D eigenvalue weighted by molar-refractivity contribution is 0.0951. The Morgan fingerprint density at radius 3 is 3.00 bits per heavy atom. The Hall–Kier alpha value is -0.220. The Morgan fingerprint density at radius 2 is 2.47 bits per heavy atom. The summed E-state index contributed by atoms with van der Waals surface area (Å²) in [5.74, 6) is 0. The zero-order valence-electron chi connectivity index (χ0n) is 9.75. The smallest absolute Gasteiger partial charge is 0.157 e. The molecular weight excluding hydrogens is 208 g/mol. The van der Waals surface area contributed by atoms with Gasteiger partial charge in [-0.25, -0.2) is 0 Å². The van der Waals surface area contributed by atoms with Gasteiger partial charge in [0.2, 0.25) is 0 Å². The molecule has 0 aliphatic carbocycles. The average molecular weight is 228 g/mol. The largest absolute Gasteiger partial charge is 0.376 e. The third kappa shape index (κ3) is 2.31. The normalized spacial score (nSPS) is 40.6. The number of rotatable bonds is 2. The molecule has 86 valence electrons. The molecule has 3 nitrogen and oxygen atoms in total. The van der Waals surface area contributed by atoms with Crippen LogP contribution in [0.15, 0.2) is 4.99 Å². The second-order valence-electron chi connectivity index (χ2n) is 4.60. The van der Waals surface area contributed by atoms with E-state index in [1.165, 1.54) is 6.42 Å². The van der Waals surface area contributed by atoms with Crippen LogP contribution in [0.2, 0.25) is 0 Å². The van der Waals surface area contributed by atoms with E-state index in [0.717, 1.165) is 24.7 Å². The molecule has 2 aliphatic rings. The number of ether oxygens (including phenoxy) is 1. The molecule has 2 rings (SSSR count). The van der Waals surface area contributed by atoms with E-state index >= 15 is 0 Å². The number of aliphatic imine (C=N–C) groups is 1. The van der Waals surface area contributed by atoms with Crippen LogP contribution in [-0.2, 0) is 4.74 Å². The highest BCUT2D eigenvalue weighted by Crippen LogP contribution is 2.29. The molecule has 0 radical (unpaired) electrons. The fraction of sp³-hybridized carbons (Fsp3) is 0.909. The highest BCUT2D eigenvalue weighted by Gasteiger charge is 2.38. The van der Waals surface area contributed by atoms with Crippen LogP contribution in [0.4, 0.5) is 0 Å². The maximum Gasteiger partial charge on any atom is 0.157 e. The summed E-state index contributed by atoms with van der Waals surface area (Å²) in [6.07, 6.45) is 2.55. The second-order valence-corrected chi connectivity index (χ2v) is 5.89. The lowest BCUT2D eigenvalue weighted by atomic mass is 9.95. The Morgan fingerprint density at radius 1 is 1.67 bits per heavy atom. The molecule has 15 heavy (non-hydrogen) atoms. The summed E-state index contributed by atoms with van der Waals surface area (Å²) in [5, 5.41) is 5.34.